The standard InChI is InChI=1S/C23H19F3N2.C22H16F4N2/c1-15-4-7-17(8-5-15)18-9-11-21(28-13-18)23(25,26)22(3,14-27)19-10-6-16(2)12-20(19)24;1-14-3-5-15(6-4-14)16-7-10-20(28-12-16)22(25,26)21(2,13-27)18-9-8-17(23)11-19(18)24/h4-13H,1-3H3;3-12H,1-2H3/t22-;21-/m01/s1. The van der Waals surface area contributed by atoms with Gasteiger partial charge in [-0.15, -0.1) is 0 Å². The monoisotopic (exact) mass is 764 g/mol. The van der Waals surface area contributed by atoms with Crippen molar-refractivity contribution < 1.29 is 30.7 Å². The van der Waals surface area contributed by atoms with Crippen molar-refractivity contribution in [2.24, 2.45) is 0 Å². The SMILES string of the molecule is Cc1ccc(-c2ccc(C(F)(F)[C@@](C)(C#N)c3ccc(C)cc3F)nc2)cc1.Cc1ccc(-c2ccc(C(F)(F)[C@](C)(C#N)c3ccc(F)cc3F)nc2)cc1. The van der Waals surface area contributed by atoms with Crippen LogP contribution in [-0.2, 0) is 22.7 Å². The van der Waals surface area contributed by atoms with E-state index in [4.69, 9.17) is 0 Å². The lowest BCUT2D eigenvalue weighted by Gasteiger charge is -2.31. The van der Waals surface area contributed by atoms with Crippen molar-refractivity contribution in [1.82, 2.24) is 9.97 Å². The van der Waals surface area contributed by atoms with Gasteiger partial charge in [-0.3, -0.25) is 9.97 Å². The molecule has 4 nitrogen and oxygen atoms in total. The first-order chi connectivity index (χ1) is 26.4. The molecule has 0 radical (unpaired) electrons. The summed E-state index contributed by atoms with van der Waals surface area (Å²) in [6.07, 6.45) is 2.63. The molecule has 56 heavy (non-hydrogen) atoms. The van der Waals surface area contributed by atoms with Crippen LogP contribution in [-0.4, -0.2) is 9.97 Å². The maximum absolute atomic E-state index is 15.3. The maximum Gasteiger partial charge on any atom is 0.311 e. The molecule has 6 aromatic rings. The third kappa shape index (κ3) is 7.76. The van der Waals surface area contributed by atoms with Crippen LogP contribution in [0.15, 0.2) is 122 Å². The maximum atomic E-state index is 15.3. The molecule has 11 heteroatoms. The van der Waals surface area contributed by atoms with E-state index in [0.29, 0.717) is 22.8 Å². The lowest BCUT2D eigenvalue weighted by molar-refractivity contribution is -0.0625. The summed E-state index contributed by atoms with van der Waals surface area (Å²) in [7, 11) is 0. The van der Waals surface area contributed by atoms with Gasteiger partial charge in [-0.25, -0.2) is 13.2 Å². The van der Waals surface area contributed by atoms with E-state index < -0.39 is 57.1 Å². The first kappa shape index (κ1) is 40.8. The summed E-state index contributed by atoms with van der Waals surface area (Å²) in [6, 6.07) is 29.6. The van der Waals surface area contributed by atoms with Gasteiger partial charge in [0.25, 0.3) is 0 Å². The van der Waals surface area contributed by atoms with Crippen molar-refractivity contribution >= 4 is 0 Å². The Labute approximate surface area is 320 Å². The molecule has 0 spiro atoms. The van der Waals surface area contributed by atoms with E-state index in [-0.39, 0.29) is 5.56 Å². The molecule has 2 atom stereocenters. The van der Waals surface area contributed by atoms with Gasteiger partial charge in [0, 0.05) is 40.7 Å². The van der Waals surface area contributed by atoms with Crippen LogP contribution < -0.4 is 0 Å². The fraction of sp³-hybridized carbons (Fsp3) is 0.200. The van der Waals surface area contributed by atoms with Crippen molar-refractivity contribution in [3.8, 4) is 34.4 Å². The first-order valence-corrected chi connectivity index (χ1v) is 17.3. The van der Waals surface area contributed by atoms with Crippen LogP contribution in [0.2, 0.25) is 0 Å². The van der Waals surface area contributed by atoms with Crippen molar-refractivity contribution in [1.29, 1.82) is 10.5 Å². The Kier molecular flexibility index (Phi) is 11.5. The van der Waals surface area contributed by atoms with Gasteiger partial charge in [-0.2, -0.15) is 28.1 Å². The average Bonchev–Trinajstić information content (AvgIpc) is 3.18. The minimum atomic E-state index is -3.81. The van der Waals surface area contributed by atoms with Gasteiger partial charge in [0.15, 0.2) is 10.8 Å². The predicted molar refractivity (Wildman–Crippen MR) is 200 cm³/mol. The second-order valence-electron chi connectivity index (χ2n) is 13.8. The number of hydrogen-bond acceptors (Lipinski definition) is 4. The van der Waals surface area contributed by atoms with Crippen LogP contribution in [0.3, 0.4) is 0 Å². The molecule has 0 unspecified atom stereocenters. The number of aromatic nitrogens is 2. The zero-order valence-electron chi connectivity index (χ0n) is 31.0. The van der Waals surface area contributed by atoms with Crippen LogP contribution in [0.25, 0.3) is 22.3 Å². The van der Waals surface area contributed by atoms with Gasteiger partial charge in [-0.05, 0) is 75.6 Å². The molecular weight excluding hydrogens is 730 g/mol. The van der Waals surface area contributed by atoms with E-state index in [0.717, 1.165) is 60.4 Å². The van der Waals surface area contributed by atoms with Gasteiger partial charge in [0.05, 0.1) is 12.1 Å². The van der Waals surface area contributed by atoms with Crippen LogP contribution in [0.1, 0.15) is 53.1 Å². The molecule has 0 N–H and O–H groups in total. The van der Waals surface area contributed by atoms with E-state index >= 15 is 17.6 Å². The average molecular weight is 765 g/mol. The van der Waals surface area contributed by atoms with E-state index in [2.05, 4.69) is 9.97 Å². The fourth-order valence-corrected chi connectivity index (χ4v) is 6.02. The van der Waals surface area contributed by atoms with E-state index in [9.17, 15) is 23.7 Å². The number of halogens is 7. The molecule has 0 aliphatic carbocycles. The highest BCUT2D eigenvalue weighted by atomic mass is 19.3. The van der Waals surface area contributed by atoms with Crippen molar-refractivity contribution in [2.45, 2.75) is 57.3 Å². The number of pyridine rings is 2. The molecule has 0 saturated heterocycles. The third-order valence-electron chi connectivity index (χ3n) is 9.78. The lowest BCUT2D eigenvalue weighted by atomic mass is 9.76. The number of aryl methyl sites for hydroxylation is 3. The van der Waals surface area contributed by atoms with Crippen LogP contribution in [0, 0.1) is 60.9 Å². The van der Waals surface area contributed by atoms with Gasteiger partial charge in [0.1, 0.15) is 28.8 Å². The number of hydrogen-bond donors (Lipinski definition) is 0. The number of alkyl halides is 4. The molecule has 284 valence electrons. The Balaban J connectivity index is 0.000000214. The summed E-state index contributed by atoms with van der Waals surface area (Å²) in [5, 5.41) is 19.0. The van der Waals surface area contributed by atoms with E-state index in [1.54, 1.807) is 13.0 Å². The van der Waals surface area contributed by atoms with Gasteiger partial charge in [0.2, 0.25) is 0 Å². The summed E-state index contributed by atoms with van der Waals surface area (Å²) < 4.78 is 103. The van der Waals surface area contributed by atoms with Gasteiger partial charge in [-0.1, -0.05) is 90.0 Å². The first-order valence-electron chi connectivity index (χ1n) is 17.3. The smallest absolute Gasteiger partial charge is 0.254 e. The second-order valence-corrected chi connectivity index (χ2v) is 13.8. The summed E-state index contributed by atoms with van der Waals surface area (Å²) in [5.41, 5.74) is -1.45. The zero-order chi connectivity index (χ0) is 41.1. The molecule has 6 rings (SSSR count). The molecule has 2 aromatic heterocycles. The molecule has 0 amide bonds. The van der Waals surface area contributed by atoms with Crippen molar-refractivity contribution in [2.75, 3.05) is 0 Å². The molecular formula is C45H35F7N4. The summed E-state index contributed by atoms with van der Waals surface area (Å²) in [4.78, 5) is 7.75. The Bertz CT molecular complexity index is 2250. The molecule has 0 aliphatic heterocycles. The van der Waals surface area contributed by atoms with Crippen molar-refractivity contribution in [3.63, 3.8) is 0 Å². The molecule has 4 aromatic carbocycles. The topological polar surface area (TPSA) is 73.4 Å². The quantitative estimate of drug-likeness (QED) is 0.145. The Morgan fingerprint density at radius 1 is 0.464 bits per heavy atom. The normalized spacial score (nSPS) is 13.6. The van der Waals surface area contributed by atoms with Gasteiger partial charge >= 0.3 is 11.8 Å². The van der Waals surface area contributed by atoms with Crippen molar-refractivity contribution in [3.05, 3.63) is 178 Å². The fourth-order valence-electron chi connectivity index (χ4n) is 6.02. The minimum absolute atomic E-state index is 0.352. The number of nitrogens with zero attached hydrogens (tertiary/aromatic N) is 4. The number of rotatable bonds is 8. The van der Waals surface area contributed by atoms with Gasteiger partial charge < -0.3 is 0 Å². The predicted octanol–water partition coefficient (Wildman–Crippen LogP) is 12.0. The Morgan fingerprint density at radius 3 is 1.16 bits per heavy atom. The summed E-state index contributed by atoms with van der Waals surface area (Å²) >= 11 is 0. The van der Waals surface area contributed by atoms with E-state index in [1.165, 1.54) is 48.8 Å². The lowest BCUT2D eigenvalue weighted by Crippen LogP contribution is -2.41. The third-order valence-corrected chi connectivity index (χ3v) is 9.78. The molecule has 0 bridgehead atoms. The van der Waals surface area contributed by atoms with E-state index in [1.807, 2.05) is 62.4 Å². The van der Waals surface area contributed by atoms with Crippen LogP contribution in [0.5, 0.6) is 0 Å². The highest BCUT2D eigenvalue weighted by Gasteiger charge is 2.56. The zero-order valence-corrected chi connectivity index (χ0v) is 31.0. The highest BCUT2D eigenvalue weighted by molar-refractivity contribution is 5.64. The molecule has 0 aliphatic rings. The number of benzene rings is 4. The summed E-state index contributed by atoms with van der Waals surface area (Å²) in [5.74, 6) is -10.5. The van der Waals surface area contributed by atoms with Crippen LogP contribution in [0.4, 0.5) is 30.7 Å². The summed E-state index contributed by atoms with van der Waals surface area (Å²) in [6.45, 7) is 7.50. The molecule has 0 fully saturated rings. The molecule has 2 heterocycles. The Hall–Kier alpha value is -6.33. The number of nitriles is 2. The Morgan fingerprint density at radius 2 is 0.821 bits per heavy atom. The highest BCUT2D eigenvalue weighted by Crippen LogP contribution is 2.48. The minimum Gasteiger partial charge on any atom is -0.254 e. The molecule has 0 saturated carbocycles. The van der Waals surface area contributed by atoms with Crippen LogP contribution >= 0.6 is 0 Å². The second kappa shape index (κ2) is 15.8. The largest absolute Gasteiger partial charge is 0.311 e.